The van der Waals surface area contributed by atoms with Gasteiger partial charge < -0.3 is 24.3 Å². The Kier molecular flexibility index (Phi) is 5.96. The normalized spacial score (nSPS) is 23.5. The molecule has 3 aromatic rings. The van der Waals surface area contributed by atoms with Gasteiger partial charge in [0.2, 0.25) is 11.8 Å². The molecule has 3 aliphatic heterocycles. The fraction of sp³-hybridized carbons (Fsp3) is 0.536. The number of nitrogens with one attached hydrogen (secondary N) is 1. The van der Waals surface area contributed by atoms with Gasteiger partial charge in [-0.2, -0.15) is 0 Å². The number of anilines is 1. The molecule has 0 spiro atoms. The number of aromatic nitrogens is 3. The van der Waals surface area contributed by atoms with E-state index in [4.69, 9.17) is 14.5 Å². The molecule has 1 saturated carbocycles. The second-order valence-corrected chi connectivity index (χ2v) is 11.0. The van der Waals surface area contributed by atoms with Crippen LogP contribution in [0.3, 0.4) is 0 Å². The molecule has 1 N–H and O–H groups in total. The molecule has 1 amide bonds. The van der Waals surface area contributed by atoms with E-state index in [1.54, 1.807) is 6.07 Å². The highest BCUT2D eigenvalue weighted by Gasteiger charge is 2.32. The van der Waals surface area contributed by atoms with Gasteiger partial charge in [0, 0.05) is 56.7 Å². The topological polar surface area (TPSA) is 84.8 Å². The summed E-state index contributed by atoms with van der Waals surface area (Å²) in [5.41, 5.74) is 3.59. The number of pyridine rings is 1. The number of rotatable bonds is 7. The summed E-state index contributed by atoms with van der Waals surface area (Å²) in [7, 11) is 0. The Labute approximate surface area is 220 Å². The Morgan fingerprint density at radius 3 is 2.61 bits per heavy atom. The number of ether oxygens (including phenoxy) is 2. The monoisotopic (exact) mass is 520 g/mol. The first-order chi connectivity index (χ1) is 18.5. The number of hydrogen-bond donors (Lipinski definition) is 1. The lowest BCUT2D eigenvalue weighted by atomic mass is 10.0. The number of carbonyl (C=O) groups excluding carboxylic acids is 1. The van der Waals surface area contributed by atoms with E-state index in [2.05, 4.69) is 24.7 Å². The lowest BCUT2D eigenvalue weighted by Crippen LogP contribution is -2.56. The minimum Gasteiger partial charge on any atom is -0.473 e. The molecule has 4 fully saturated rings. The van der Waals surface area contributed by atoms with E-state index in [-0.39, 0.29) is 23.7 Å². The van der Waals surface area contributed by atoms with Crippen LogP contribution in [0.1, 0.15) is 32.2 Å². The van der Waals surface area contributed by atoms with E-state index >= 15 is 4.39 Å². The lowest BCUT2D eigenvalue weighted by molar-refractivity contribution is -0.119. The molecule has 4 aliphatic rings. The molecule has 7 rings (SSSR count). The number of halogens is 1. The van der Waals surface area contributed by atoms with E-state index in [1.807, 2.05) is 31.5 Å². The molecular weight excluding hydrogens is 487 g/mol. The van der Waals surface area contributed by atoms with Crippen LogP contribution < -0.4 is 15.0 Å². The van der Waals surface area contributed by atoms with E-state index in [1.165, 1.54) is 0 Å². The quantitative estimate of drug-likeness (QED) is 0.513. The summed E-state index contributed by atoms with van der Waals surface area (Å²) < 4.78 is 29.3. The third-order valence-corrected chi connectivity index (χ3v) is 8.47. The Bertz CT molecular complexity index is 1360. The maximum absolute atomic E-state index is 15.4. The van der Waals surface area contributed by atoms with Gasteiger partial charge in [-0.3, -0.25) is 9.69 Å². The molecule has 1 aliphatic carbocycles. The number of imidazole rings is 1. The van der Waals surface area contributed by atoms with Crippen LogP contribution in [0.5, 0.6) is 5.88 Å². The van der Waals surface area contributed by atoms with Gasteiger partial charge in [-0.25, -0.2) is 14.4 Å². The van der Waals surface area contributed by atoms with Crippen LogP contribution in [0.4, 0.5) is 10.1 Å². The molecule has 0 radical (unpaired) electrons. The summed E-state index contributed by atoms with van der Waals surface area (Å²) >= 11 is 0. The average Bonchev–Trinajstić information content (AvgIpc) is 3.48. The number of carbonyl (C=O) groups is 1. The molecule has 200 valence electrons. The largest absolute Gasteiger partial charge is 0.473 e. The predicted octanol–water partition coefficient (Wildman–Crippen LogP) is 3.00. The fourth-order valence-corrected chi connectivity index (χ4v) is 5.80. The molecule has 5 heterocycles. The van der Waals surface area contributed by atoms with Crippen LogP contribution in [0.15, 0.2) is 30.6 Å². The number of benzene rings is 1. The molecule has 38 heavy (non-hydrogen) atoms. The van der Waals surface area contributed by atoms with Crippen LogP contribution >= 0.6 is 0 Å². The van der Waals surface area contributed by atoms with Gasteiger partial charge in [-0.05, 0) is 38.0 Å². The lowest BCUT2D eigenvalue weighted by Gasteiger charge is -2.43. The SMILES string of the molecule is C[C@@H](Oc1nc(-c2ccc(N3CCN(C4COC4)CC3)c(F)c2)cc2ncn(C3CC3)c12)[C@H]1CNC(=O)C1. The highest BCUT2D eigenvalue weighted by atomic mass is 19.1. The molecular formula is C28H33FN6O3. The Balaban J connectivity index is 1.16. The third-order valence-electron chi connectivity index (χ3n) is 8.47. The van der Waals surface area contributed by atoms with Crippen molar-refractivity contribution in [1.82, 2.24) is 24.8 Å². The van der Waals surface area contributed by atoms with E-state index in [9.17, 15) is 4.79 Å². The number of amides is 1. The average molecular weight is 521 g/mol. The van der Waals surface area contributed by atoms with Crippen LogP contribution in [-0.2, 0) is 9.53 Å². The zero-order valence-corrected chi connectivity index (χ0v) is 21.6. The summed E-state index contributed by atoms with van der Waals surface area (Å²) in [4.78, 5) is 25.9. The molecule has 0 unspecified atom stereocenters. The molecule has 0 bridgehead atoms. The highest BCUT2D eigenvalue weighted by molar-refractivity contribution is 5.85. The number of nitrogens with zero attached hydrogens (tertiary/aromatic N) is 5. The first-order valence-electron chi connectivity index (χ1n) is 13.7. The molecule has 2 aromatic heterocycles. The van der Waals surface area contributed by atoms with Crippen molar-refractivity contribution in [2.75, 3.05) is 50.8 Å². The molecule has 1 aromatic carbocycles. The number of hydrogen-bond acceptors (Lipinski definition) is 7. The number of fused-ring (bicyclic) bond motifs is 1. The fourth-order valence-electron chi connectivity index (χ4n) is 5.80. The Morgan fingerprint density at radius 2 is 1.95 bits per heavy atom. The van der Waals surface area contributed by atoms with Gasteiger partial charge >= 0.3 is 0 Å². The van der Waals surface area contributed by atoms with Gasteiger partial charge in [-0.1, -0.05) is 6.07 Å². The third kappa shape index (κ3) is 4.39. The van der Waals surface area contributed by atoms with Crippen molar-refractivity contribution in [3.05, 3.63) is 36.4 Å². The zero-order valence-electron chi connectivity index (χ0n) is 21.6. The minimum absolute atomic E-state index is 0.0503. The maximum atomic E-state index is 15.4. The van der Waals surface area contributed by atoms with Crippen LogP contribution in [0, 0.1) is 11.7 Å². The highest BCUT2D eigenvalue weighted by Crippen LogP contribution is 2.40. The molecule has 9 nitrogen and oxygen atoms in total. The van der Waals surface area contributed by atoms with Gasteiger partial charge in [0.05, 0.1) is 42.5 Å². The molecule has 3 saturated heterocycles. The smallest absolute Gasteiger partial charge is 0.241 e. The van der Waals surface area contributed by atoms with E-state index in [0.717, 1.165) is 63.3 Å². The van der Waals surface area contributed by atoms with Crippen molar-refractivity contribution in [3.63, 3.8) is 0 Å². The van der Waals surface area contributed by atoms with Gasteiger partial charge in [0.1, 0.15) is 17.4 Å². The first-order valence-corrected chi connectivity index (χ1v) is 13.7. The first kappa shape index (κ1) is 23.8. The van der Waals surface area contributed by atoms with Gasteiger partial charge in [-0.15, -0.1) is 0 Å². The van der Waals surface area contributed by atoms with Crippen molar-refractivity contribution in [2.24, 2.45) is 5.92 Å². The molecule has 2 atom stereocenters. The van der Waals surface area contributed by atoms with Crippen molar-refractivity contribution in [3.8, 4) is 17.1 Å². The second-order valence-electron chi connectivity index (χ2n) is 11.0. The maximum Gasteiger partial charge on any atom is 0.241 e. The summed E-state index contributed by atoms with van der Waals surface area (Å²) in [5.74, 6) is 0.373. The predicted molar refractivity (Wildman–Crippen MR) is 141 cm³/mol. The van der Waals surface area contributed by atoms with Crippen LogP contribution in [0.2, 0.25) is 0 Å². The van der Waals surface area contributed by atoms with Crippen LogP contribution in [0.25, 0.3) is 22.3 Å². The summed E-state index contributed by atoms with van der Waals surface area (Å²) in [6.07, 6.45) is 4.32. The summed E-state index contributed by atoms with van der Waals surface area (Å²) in [6, 6.07) is 8.21. The minimum atomic E-state index is -0.250. The Morgan fingerprint density at radius 1 is 1.13 bits per heavy atom. The molecule has 10 heteroatoms. The number of piperazine rings is 1. The van der Waals surface area contributed by atoms with E-state index < -0.39 is 0 Å². The van der Waals surface area contributed by atoms with Crippen molar-refractivity contribution in [1.29, 1.82) is 0 Å². The second kappa shape index (κ2) is 9.50. The Hall–Kier alpha value is -3.24. The van der Waals surface area contributed by atoms with Crippen molar-refractivity contribution < 1.29 is 18.7 Å². The van der Waals surface area contributed by atoms with Gasteiger partial charge in [0.25, 0.3) is 0 Å². The summed E-state index contributed by atoms with van der Waals surface area (Å²) in [5, 5.41) is 2.89. The summed E-state index contributed by atoms with van der Waals surface area (Å²) in [6.45, 7) is 7.61. The zero-order chi connectivity index (χ0) is 25.8. The van der Waals surface area contributed by atoms with Crippen LogP contribution in [-0.4, -0.2) is 83.4 Å². The van der Waals surface area contributed by atoms with E-state index in [0.29, 0.717) is 47.9 Å². The standard InChI is InChI=1S/C28H33FN6O3/c1-17(19-11-26(36)30-13-19)38-28-27-24(31-16-35(27)20-3-4-20)12-23(32-28)18-2-5-25(22(29)10-18)34-8-6-33(7-9-34)21-14-37-15-21/h2,5,10,12,16-17,19-21H,3-4,6-9,11,13-15H2,1H3,(H,30,36)/t17-,19-/m1/s1. The van der Waals surface area contributed by atoms with Crippen molar-refractivity contribution >= 4 is 22.6 Å². The van der Waals surface area contributed by atoms with Gasteiger partial charge in [0.15, 0.2) is 0 Å². The van der Waals surface area contributed by atoms with Crippen molar-refractivity contribution in [2.45, 2.75) is 44.4 Å².